The van der Waals surface area contributed by atoms with Crippen molar-refractivity contribution < 1.29 is 21.6 Å². The number of thioether (sulfide) groups is 1. The molecule has 29 heavy (non-hydrogen) atoms. The number of hydrogen-bond acceptors (Lipinski definition) is 6. The molecule has 0 spiro atoms. The average molecular weight is 458 g/mol. The van der Waals surface area contributed by atoms with Crippen LogP contribution in [0.2, 0.25) is 0 Å². The van der Waals surface area contributed by atoms with Gasteiger partial charge in [0.2, 0.25) is 26.0 Å². The van der Waals surface area contributed by atoms with Gasteiger partial charge in [-0.25, -0.2) is 22.0 Å². The molecule has 1 amide bonds. The van der Waals surface area contributed by atoms with Crippen LogP contribution in [0, 0.1) is 0 Å². The number of hydrogen-bond donors (Lipinski definition) is 3. The van der Waals surface area contributed by atoms with Gasteiger partial charge in [-0.1, -0.05) is 30.3 Å². The summed E-state index contributed by atoms with van der Waals surface area (Å²) in [5.41, 5.74) is 0.653. The Kier molecular flexibility index (Phi) is 8.23. The van der Waals surface area contributed by atoms with Crippen LogP contribution in [-0.4, -0.2) is 40.8 Å². The Labute approximate surface area is 175 Å². The average Bonchev–Trinajstić information content (AvgIpc) is 2.69. The number of carbonyl (C=O) groups is 1. The topological polar surface area (TPSA) is 135 Å². The van der Waals surface area contributed by atoms with Crippen molar-refractivity contribution in [2.24, 2.45) is 5.14 Å². The van der Waals surface area contributed by atoms with E-state index in [9.17, 15) is 21.6 Å². The number of amides is 1. The molecule has 2 aromatic carbocycles. The van der Waals surface area contributed by atoms with E-state index in [2.05, 4.69) is 10.0 Å². The Morgan fingerprint density at radius 2 is 1.62 bits per heavy atom. The summed E-state index contributed by atoms with van der Waals surface area (Å²) in [6.07, 6.45) is 2.19. The van der Waals surface area contributed by atoms with Crippen LogP contribution in [0.5, 0.6) is 0 Å². The number of sulfonamides is 2. The molecule has 0 heterocycles. The van der Waals surface area contributed by atoms with E-state index in [-0.39, 0.29) is 16.3 Å². The number of nitrogens with two attached hydrogens (primary N) is 1. The maximum atomic E-state index is 12.6. The molecule has 0 aliphatic heterocycles. The fraction of sp³-hybridized carbons (Fsp3) is 0.278. The van der Waals surface area contributed by atoms with Gasteiger partial charge in [-0.3, -0.25) is 4.79 Å². The van der Waals surface area contributed by atoms with Crippen LogP contribution < -0.4 is 15.2 Å². The minimum atomic E-state index is -3.84. The van der Waals surface area contributed by atoms with Gasteiger partial charge in [0, 0.05) is 6.54 Å². The summed E-state index contributed by atoms with van der Waals surface area (Å²) in [7, 11) is -7.63. The molecule has 0 saturated carbocycles. The highest BCUT2D eigenvalue weighted by atomic mass is 32.2. The predicted octanol–water partition coefficient (Wildman–Crippen LogP) is 1.05. The Hall–Kier alpha value is -1.92. The van der Waals surface area contributed by atoms with Crippen LogP contribution in [0.3, 0.4) is 0 Å². The SMILES string of the molecule is CSCC[C@@H](NS(=O)(=O)c1ccccc1)C(=O)NCc1ccc(S(N)(=O)=O)cc1. The van der Waals surface area contributed by atoms with Gasteiger partial charge in [-0.15, -0.1) is 0 Å². The fourth-order valence-electron chi connectivity index (χ4n) is 2.44. The molecule has 11 heteroatoms. The minimum Gasteiger partial charge on any atom is -0.351 e. The van der Waals surface area contributed by atoms with E-state index in [1.807, 2.05) is 6.26 Å². The number of rotatable bonds is 10. The van der Waals surface area contributed by atoms with E-state index >= 15 is 0 Å². The van der Waals surface area contributed by atoms with Crippen LogP contribution in [0.4, 0.5) is 0 Å². The van der Waals surface area contributed by atoms with Crippen LogP contribution in [-0.2, 0) is 31.4 Å². The van der Waals surface area contributed by atoms with Crippen molar-refractivity contribution in [3.63, 3.8) is 0 Å². The normalized spacial score (nSPS) is 13.0. The third-order valence-corrected chi connectivity index (χ3v) is 7.06. The second-order valence-corrected chi connectivity index (χ2v) is 10.4. The summed E-state index contributed by atoms with van der Waals surface area (Å²) in [6, 6.07) is 12.7. The van der Waals surface area contributed by atoms with Gasteiger partial charge in [-0.2, -0.15) is 16.5 Å². The third kappa shape index (κ3) is 7.12. The molecule has 0 aliphatic rings. The smallest absolute Gasteiger partial charge is 0.241 e. The Bertz CT molecular complexity index is 1020. The zero-order valence-corrected chi connectivity index (χ0v) is 18.2. The first-order valence-corrected chi connectivity index (χ1v) is 13.0. The zero-order valence-electron chi connectivity index (χ0n) is 15.7. The van der Waals surface area contributed by atoms with Crippen LogP contribution in [0.1, 0.15) is 12.0 Å². The first-order chi connectivity index (χ1) is 13.6. The summed E-state index contributed by atoms with van der Waals surface area (Å²) in [5.74, 6) is 0.132. The van der Waals surface area contributed by atoms with Crippen molar-refractivity contribution in [1.82, 2.24) is 10.0 Å². The summed E-state index contributed by atoms with van der Waals surface area (Å²) >= 11 is 1.50. The van der Waals surface area contributed by atoms with Crippen molar-refractivity contribution >= 4 is 37.7 Å². The largest absolute Gasteiger partial charge is 0.351 e. The Morgan fingerprint density at radius 3 is 2.17 bits per heavy atom. The molecule has 0 saturated heterocycles. The first-order valence-electron chi connectivity index (χ1n) is 8.59. The lowest BCUT2D eigenvalue weighted by atomic mass is 10.2. The lowest BCUT2D eigenvalue weighted by molar-refractivity contribution is -0.122. The second-order valence-electron chi connectivity index (χ2n) is 6.18. The van der Waals surface area contributed by atoms with Crippen molar-refractivity contribution in [2.45, 2.75) is 28.8 Å². The van der Waals surface area contributed by atoms with E-state index in [0.29, 0.717) is 17.7 Å². The molecule has 0 aromatic heterocycles. The van der Waals surface area contributed by atoms with Crippen molar-refractivity contribution in [3.05, 3.63) is 60.2 Å². The quantitative estimate of drug-likeness (QED) is 0.488. The summed E-state index contributed by atoms with van der Waals surface area (Å²) in [6.45, 7) is 0.118. The number of benzene rings is 2. The van der Waals surface area contributed by atoms with Gasteiger partial charge in [0.05, 0.1) is 9.79 Å². The molecule has 1 atom stereocenters. The maximum Gasteiger partial charge on any atom is 0.241 e. The lowest BCUT2D eigenvalue weighted by Gasteiger charge is -2.18. The summed E-state index contributed by atoms with van der Waals surface area (Å²) in [4.78, 5) is 12.7. The molecule has 0 bridgehead atoms. The molecule has 0 fully saturated rings. The van der Waals surface area contributed by atoms with Gasteiger partial charge in [0.1, 0.15) is 6.04 Å². The van der Waals surface area contributed by atoms with E-state index in [1.54, 1.807) is 18.2 Å². The molecule has 0 aliphatic carbocycles. The lowest BCUT2D eigenvalue weighted by Crippen LogP contribution is -2.46. The third-order valence-electron chi connectivity index (χ3n) is 4.00. The highest BCUT2D eigenvalue weighted by Gasteiger charge is 2.25. The van der Waals surface area contributed by atoms with E-state index in [1.165, 1.54) is 48.2 Å². The van der Waals surface area contributed by atoms with Crippen LogP contribution in [0.25, 0.3) is 0 Å². The van der Waals surface area contributed by atoms with Gasteiger partial charge >= 0.3 is 0 Å². The molecule has 2 rings (SSSR count). The fourth-order valence-corrected chi connectivity index (χ4v) is 4.68. The molecule has 2 aromatic rings. The van der Waals surface area contributed by atoms with Crippen molar-refractivity contribution in [1.29, 1.82) is 0 Å². The monoisotopic (exact) mass is 457 g/mol. The molecule has 8 nitrogen and oxygen atoms in total. The van der Waals surface area contributed by atoms with Crippen LogP contribution in [0.15, 0.2) is 64.4 Å². The first kappa shape index (κ1) is 23.4. The highest BCUT2D eigenvalue weighted by molar-refractivity contribution is 7.98. The van der Waals surface area contributed by atoms with Crippen LogP contribution >= 0.6 is 11.8 Å². The predicted molar refractivity (Wildman–Crippen MR) is 113 cm³/mol. The molecule has 158 valence electrons. The molecular weight excluding hydrogens is 434 g/mol. The number of carbonyl (C=O) groups excluding carboxylic acids is 1. The van der Waals surface area contributed by atoms with E-state index in [0.717, 1.165) is 0 Å². The Balaban J connectivity index is 2.07. The van der Waals surface area contributed by atoms with Gasteiger partial charge < -0.3 is 5.32 Å². The molecular formula is C18H23N3O5S3. The van der Waals surface area contributed by atoms with Gasteiger partial charge in [0.25, 0.3) is 0 Å². The molecule has 4 N–H and O–H groups in total. The second kappa shape index (κ2) is 10.2. The molecule has 0 radical (unpaired) electrons. The van der Waals surface area contributed by atoms with E-state index in [4.69, 9.17) is 5.14 Å². The number of primary sulfonamides is 1. The minimum absolute atomic E-state index is 0.0268. The van der Waals surface area contributed by atoms with E-state index < -0.39 is 32.0 Å². The van der Waals surface area contributed by atoms with Crippen molar-refractivity contribution in [2.75, 3.05) is 12.0 Å². The van der Waals surface area contributed by atoms with Gasteiger partial charge in [-0.05, 0) is 48.3 Å². The van der Waals surface area contributed by atoms with Gasteiger partial charge in [0.15, 0.2) is 0 Å². The molecule has 0 unspecified atom stereocenters. The summed E-state index contributed by atoms with van der Waals surface area (Å²) in [5, 5.41) is 7.74. The van der Waals surface area contributed by atoms with Crippen molar-refractivity contribution in [3.8, 4) is 0 Å². The zero-order chi connectivity index (χ0) is 21.5. The standard InChI is InChI=1S/C18H23N3O5S3/c1-27-12-11-17(21-29(25,26)16-5-3-2-4-6-16)18(22)20-13-14-7-9-15(10-8-14)28(19,23)24/h2-10,17,21H,11-13H2,1H3,(H,20,22)(H2,19,23,24)/t17-/m1/s1. The summed E-state index contributed by atoms with van der Waals surface area (Å²) < 4.78 is 50.1. The maximum absolute atomic E-state index is 12.6. The highest BCUT2D eigenvalue weighted by Crippen LogP contribution is 2.12. The Morgan fingerprint density at radius 1 is 1.00 bits per heavy atom. The number of nitrogens with one attached hydrogen (secondary N) is 2.